The maximum Gasteiger partial charge on any atom is 0.253 e. The second-order valence-electron chi connectivity index (χ2n) is 7.25. The van der Waals surface area contributed by atoms with Crippen molar-refractivity contribution in [3.05, 3.63) is 34.9 Å². The largest absolute Gasteiger partial charge is 0.372 e. The van der Waals surface area contributed by atoms with E-state index in [0.717, 1.165) is 49.9 Å². The molecule has 2 amide bonds. The number of hydrogen-bond acceptors (Lipinski definition) is 4. The molecule has 6 nitrogen and oxygen atoms in total. The van der Waals surface area contributed by atoms with Gasteiger partial charge in [-0.25, -0.2) is 0 Å². The van der Waals surface area contributed by atoms with Crippen LogP contribution in [0.3, 0.4) is 0 Å². The van der Waals surface area contributed by atoms with Crippen molar-refractivity contribution in [3.8, 4) is 0 Å². The average Bonchev–Trinajstić information content (AvgIpc) is 3.30. The molecule has 2 atom stereocenters. The highest BCUT2D eigenvalue weighted by molar-refractivity contribution is 5.94. The van der Waals surface area contributed by atoms with Gasteiger partial charge in [0, 0.05) is 18.7 Å². The Kier molecular flexibility index (Phi) is 4.48. The number of nitrogens with two attached hydrogens (primary N) is 1. The second kappa shape index (κ2) is 6.77. The number of amides is 2. The second-order valence-corrected chi connectivity index (χ2v) is 7.25. The Hall–Kier alpha value is -1.92. The summed E-state index contributed by atoms with van der Waals surface area (Å²) in [4.78, 5) is 25.9. The van der Waals surface area contributed by atoms with Gasteiger partial charge in [0.15, 0.2) is 0 Å². The number of benzene rings is 1. The van der Waals surface area contributed by atoms with E-state index in [-0.39, 0.29) is 17.9 Å². The smallest absolute Gasteiger partial charge is 0.253 e. The van der Waals surface area contributed by atoms with Crippen molar-refractivity contribution in [2.45, 2.75) is 51.1 Å². The highest BCUT2D eigenvalue weighted by atomic mass is 16.5. The molecule has 3 heterocycles. The Balaban J connectivity index is 1.34. The van der Waals surface area contributed by atoms with Gasteiger partial charge in [-0.2, -0.15) is 0 Å². The lowest BCUT2D eigenvalue weighted by atomic mass is 9.89. The Labute approximate surface area is 147 Å². The fraction of sp³-hybridized carbons (Fsp3) is 0.579. The average molecular weight is 344 g/mol. The van der Waals surface area contributed by atoms with Gasteiger partial charge in [-0.1, -0.05) is 6.07 Å². The van der Waals surface area contributed by atoms with Crippen molar-refractivity contribution in [1.82, 2.24) is 4.90 Å². The van der Waals surface area contributed by atoms with Crippen molar-refractivity contribution < 1.29 is 19.1 Å². The van der Waals surface area contributed by atoms with E-state index in [1.165, 1.54) is 5.56 Å². The summed E-state index contributed by atoms with van der Waals surface area (Å²) in [6.45, 7) is 2.71. The van der Waals surface area contributed by atoms with Gasteiger partial charge in [0.2, 0.25) is 5.91 Å². The Morgan fingerprint density at radius 3 is 2.52 bits per heavy atom. The number of nitrogens with zero attached hydrogens (tertiary/aromatic N) is 1. The number of piperidine rings is 1. The van der Waals surface area contributed by atoms with E-state index in [4.69, 9.17) is 15.2 Å². The van der Waals surface area contributed by atoms with Crippen molar-refractivity contribution in [2.24, 2.45) is 11.7 Å². The number of fused-ring (bicyclic) bond motifs is 1. The van der Waals surface area contributed by atoms with Crippen LogP contribution in [0.1, 0.15) is 47.2 Å². The first kappa shape index (κ1) is 16.5. The third-order valence-corrected chi connectivity index (χ3v) is 5.69. The van der Waals surface area contributed by atoms with Crippen LogP contribution in [0.2, 0.25) is 0 Å². The van der Waals surface area contributed by atoms with Gasteiger partial charge in [0.05, 0.1) is 19.3 Å². The van der Waals surface area contributed by atoms with Crippen molar-refractivity contribution in [1.29, 1.82) is 0 Å². The number of carbonyl (C=O) groups is 2. The molecule has 3 aliphatic rings. The summed E-state index contributed by atoms with van der Waals surface area (Å²) in [6.07, 6.45) is 3.10. The van der Waals surface area contributed by atoms with Crippen LogP contribution < -0.4 is 5.73 Å². The third-order valence-electron chi connectivity index (χ3n) is 5.69. The minimum Gasteiger partial charge on any atom is -0.372 e. The summed E-state index contributed by atoms with van der Waals surface area (Å²) >= 11 is 0. The van der Waals surface area contributed by atoms with Gasteiger partial charge < -0.3 is 20.1 Å². The molecule has 1 aromatic carbocycles. The van der Waals surface area contributed by atoms with Gasteiger partial charge >= 0.3 is 0 Å². The molecule has 3 aliphatic heterocycles. The van der Waals surface area contributed by atoms with E-state index in [9.17, 15) is 9.59 Å². The number of likely N-dealkylation sites (tertiary alicyclic amines) is 1. The molecular formula is C19H24N2O4. The maximum atomic E-state index is 12.8. The van der Waals surface area contributed by atoms with Gasteiger partial charge in [0.25, 0.3) is 5.91 Å². The fourth-order valence-electron chi connectivity index (χ4n) is 4.18. The molecule has 25 heavy (non-hydrogen) atoms. The van der Waals surface area contributed by atoms with E-state index in [1.807, 2.05) is 23.1 Å². The molecule has 0 radical (unpaired) electrons. The van der Waals surface area contributed by atoms with Crippen molar-refractivity contribution in [3.63, 3.8) is 0 Å². The Morgan fingerprint density at radius 2 is 1.80 bits per heavy atom. The standard InChI is InChI=1S/C19H24N2O4/c20-18(22)17-4-3-16(25-17)12-5-7-21(8-6-12)19(23)13-1-2-14-10-24-11-15(14)9-13/h1-2,9,12,16-17H,3-8,10-11H2,(H2,20,22)/t16-,17+/m0/s1. The van der Waals surface area contributed by atoms with Crippen LogP contribution >= 0.6 is 0 Å². The predicted molar refractivity (Wildman–Crippen MR) is 90.7 cm³/mol. The molecule has 0 aliphatic carbocycles. The lowest BCUT2D eigenvalue weighted by Gasteiger charge is -2.34. The summed E-state index contributed by atoms with van der Waals surface area (Å²) in [5, 5.41) is 0. The zero-order valence-electron chi connectivity index (χ0n) is 14.3. The van der Waals surface area contributed by atoms with Crippen molar-refractivity contribution >= 4 is 11.8 Å². The normalized spacial score (nSPS) is 26.6. The minimum absolute atomic E-state index is 0.0931. The topological polar surface area (TPSA) is 81.9 Å². The molecule has 0 unspecified atom stereocenters. The molecular weight excluding hydrogens is 320 g/mol. The molecule has 2 N–H and O–H groups in total. The number of ether oxygens (including phenoxy) is 2. The number of hydrogen-bond donors (Lipinski definition) is 1. The lowest BCUT2D eigenvalue weighted by Crippen LogP contribution is -2.41. The molecule has 2 fully saturated rings. The molecule has 0 saturated carbocycles. The number of primary amides is 1. The SMILES string of the molecule is NC(=O)[C@H]1CC[C@@H](C2CCN(C(=O)c3ccc4c(c3)COC4)CC2)O1. The van der Waals surface area contributed by atoms with E-state index in [1.54, 1.807) is 0 Å². The van der Waals surface area contributed by atoms with Crippen LogP contribution in [-0.2, 0) is 27.5 Å². The first-order valence-electron chi connectivity index (χ1n) is 9.05. The third kappa shape index (κ3) is 3.28. The van der Waals surface area contributed by atoms with Crippen LogP contribution in [0.5, 0.6) is 0 Å². The minimum atomic E-state index is -0.432. The van der Waals surface area contributed by atoms with Crippen LogP contribution in [0.15, 0.2) is 18.2 Å². The van der Waals surface area contributed by atoms with E-state index in [0.29, 0.717) is 19.1 Å². The van der Waals surface area contributed by atoms with Gasteiger partial charge in [0.1, 0.15) is 6.10 Å². The summed E-state index contributed by atoms with van der Waals surface area (Å²) in [6, 6.07) is 5.87. The van der Waals surface area contributed by atoms with E-state index in [2.05, 4.69) is 0 Å². The highest BCUT2D eigenvalue weighted by Gasteiger charge is 2.36. The summed E-state index contributed by atoms with van der Waals surface area (Å²) in [5.74, 6) is 0.132. The molecule has 2 saturated heterocycles. The summed E-state index contributed by atoms with van der Waals surface area (Å²) < 4.78 is 11.2. The lowest BCUT2D eigenvalue weighted by molar-refractivity contribution is -0.130. The monoisotopic (exact) mass is 344 g/mol. The number of rotatable bonds is 3. The number of carbonyl (C=O) groups excluding carboxylic acids is 2. The van der Waals surface area contributed by atoms with Gasteiger partial charge in [-0.05, 0) is 54.9 Å². The van der Waals surface area contributed by atoms with Crippen LogP contribution in [-0.4, -0.2) is 42.0 Å². The molecule has 0 aromatic heterocycles. The maximum absolute atomic E-state index is 12.8. The first-order valence-corrected chi connectivity index (χ1v) is 9.05. The van der Waals surface area contributed by atoms with Gasteiger partial charge in [-0.3, -0.25) is 9.59 Å². The zero-order chi connectivity index (χ0) is 17.4. The zero-order valence-corrected chi connectivity index (χ0v) is 14.3. The fourth-order valence-corrected chi connectivity index (χ4v) is 4.18. The summed E-state index contributed by atoms with van der Waals surface area (Å²) in [7, 11) is 0. The quantitative estimate of drug-likeness (QED) is 0.903. The predicted octanol–water partition coefficient (Wildman–Crippen LogP) is 1.60. The summed E-state index contributed by atoms with van der Waals surface area (Å²) in [5.41, 5.74) is 8.37. The highest BCUT2D eigenvalue weighted by Crippen LogP contribution is 2.32. The van der Waals surface area contributed by atoms with E-state index < -0.39 is 6.10 Å². The molecule has 0 bridgehead atoms. The molecule has 4 rings (SSSR count). The first-order chi connectivity index (χ1) is 12.1. The van der Waals surface area contributed by atoms with Crippen LogP contribution in [0.25, 0.3) is 0 Å². The molecule has 1 aromatic rings. The van der Waals surface area contributed by atoms with Crippen LogP contribution in [0, 0.1) is 5.92 Å². The molecule has 134 valence electrons. The van der Waals surface area contributed by atoms with Crippen LogP contribution in [0.4, 0.5) is 0 Å². The Morgan fingerprint density at radius 1 is 1.04 bits per heavy atom. The van der Waals surface area contributed by atoms with Gasteiger partial charge in [-0.15, -0.1) is 0 Å². The molecule has 0 spiro atoms. The Bertz CT molecular complexity index is 682. The van der Waals surface area contributed by atoms with Crippen molar-refractivity contribution in [2.75, 3.05) is 13.1 Å². The molecule has 6 heteroatoms. The van der Waals surface area contributed by atoms with E-state index >= 15 is 0 Å².